The topological polar surface area (TPSA) is 47.9 Å². The van der Waals surface area contributed by atoms with Gasteiger partial charge in [0, 0.05) is 24.8 Å². The number of phenolic OH excluding ortho intramolecular Hbond substituents is 1. The van der Waals surface area contributed by atoms with Gasteiger partial charge in [0.15, 0.2) is 0 Å². The maximum atomic E-state index is 11.8. The molecule has 0 saturated heterocycles. The van der Waals surface area contributed by atoms with Crippen LogP contribution in [-0.4, -0.2) is 38.7 Å². The predicted octanol–water partition coefficient (Wildman–Crippen LogP) is 14.1. The van der Waals surface area contributed by atoms with E-state index in [2.05, 4.69) is 68.4 Å². The Balaban J connectivity index is 1.71. The van der Waals surface area contributed by atoms with Crippen molar-refractivity contribution in [1.82, 2.24) is 0 Å². The van der Waals surface area contributed by atoms with Gasteiger partial charge in [-0.3, -0.25) is 0 Å². The third-order valence-corrected chi connectivity index (χ3v) is 13.1. The molecular formula is C48H84O4. The molecule has 300 valence electrons. The lowest BCUT2D eigenvalue weighted by Gasteiger charge is -2.46. The summed E-state index contributed by atoms with van der Waals surface area (Å²) < 4.78 is 22.1. The van der Waals surface area contributed by atoms with Crippen molar-refractivity contribution >= 4 is 0 Å². The number of phenols is 1. The fourth-order valence-electron chi connectivity index (χ4n) is 10.8. The van der Waals surface area contributed by atoms with Crippen LogP contribution in [0.3, 0.4) is 0 Å². The maximum Gasteiger partial charge on any atom is 0.119 e. The SMILES string of the molecule is CCCCC1(OC(C)(C)Cc2ccc(O)c(CC(C)(C)OC3(CCCC)CCCCC3)c2CC(C)(C)OC2(CCCC)CCCCC2)CCCCC1. The molecule has 0 amide bonds. The molecule has 4 heteroatoms. The Morgan fingerprint density at radius 1 is 0.481 bits per heavy atom. The van der Waals surface area contributed by atoms with Crippen molar-refractivity contribution in [2.45, 2.75) is 269 Å². The monoisotopic (exact) mass is 725 g/mol. The highest BCUT2D eigenvalue weighted by Crippen LogP contribution is 2.45. The molecule has 0 heterocycles. The summed E-state index contributed by atoms with van der Waals surface area (Å²) in [7, 11) is 0. The van der Waals surface area contributed by atoms with Crippen molar-refractivity contribution in [2.24, 2.45) is 0 Å². The van der Waals surface area contributed by atoms with Gasteiger partial charge in [0.05, 0.1) is 33.6 Å². The Morgan fingerprint density at radius 2 is 0.808 bits per heavy atom. The fourth-order valence-corrected chi connectivity index (χ4v) is 10.8. The number of rotatable bonds is 21. The Labute approximate surface area is 322 Å². The molecular weight excluding hydrogens is 641 g/mol. The lowest BCUT2D eigenvalue weighted by Crippen LogP contribution is -2.46. The number of hydrogen-bond donors (Lipinski definition) is 1. The van der Waals surface area contributed by atoms with Crippen LogP contribution in [0.5, 0.6) is 5.75 Å². The van der Waals surface area contributed by atoms with Crippen LogP contribution < -0.4 is 0 Å². The maximum absolute atomic E-state index is 11.8. The largest absolute Gasteiger partial charge is 0.508 e. The molecule has 1 aromatic rings. The van der Waals surface area contributed by atoms with Crippen LogP contribution in [0.25, 0.3) is 0 Å². The molecule has 0 spiro atoms. The summed E-state index contributed by atoms with van der Waals surface area (Å²) in [6.45, 7) is 20.8. The van der Waals surface area contributed by atoms with Gasteiger partial charge < -0.3 is 19.3 Å². The van der Waals surface area contributed by atoms with Crippen molar-refractivity contribution < 1.29 is 19.3 Å². The quantitative estimate of drug-likeness (QED) is 0.137. The Bertz CT molecular complexity index is 1190. The van der Waals surface area contributed by atoms with Gasteiger partial charge in [0.1, 0.15) is 5.75 Å². The summed E-state index contributed by atoms with van der Waals surface area (Å²) in [6.07, 6.45) is 31.5. The summed E-state index contributed by atoms with van der Waals surface area (Å²) in [5, 5.41) is 11.8. The highest BCUT2D eigenvalue weighted by molar-refractivity contribution is 5.46. The molecule has 3 aliphatic rings. The average Bonchev–Trinajstić information content (AvgIpc) is 3.09. The van der Waals surface area contributed by atoms with Crippen molar-refractivity contribution in [3.63, 3.8) is 0 Å². The van der Waals surface area contributed by atoms with E-state index in [1.807, 2.05) is 6.07 Å². The summed E-state index contributed by atoms with van der Waals surface area (Å²) in [5.41, 5.74) is 2.38. The zero-order valence-corrected chi connectivity index (χ0v) is 35.9. The van der Waals surface area contributed by atoms with Gasteiger partial charge in [0.25, 0.3) is 0 Å². The standard InChI is InChI=1S/C48H84O4/c1-10-13-27-46(30-19-16-20-31-46)50-43(4,5)36-39-25-26-42(49)41(38-45(8,9)52-48(29-15-12-3)34-23-18-24-35-48)40(39)37-44(6,7)51-47(28-14-11-2)32-21-17-22-33-47/h25-26,49H,10-24,27-38H2,1-9H3. The molecule has 0 aromatic heterocycles. The molecule has 0 radical (unpaired) electrons. The first-order valence-electron chi connectivity index (χ1n) is 22.5. The minimum atomic E-state index is -0.412. The first-order chi connectivity index (χ1) is 24.6. The summed E-state index contributed by atoms with van der Waals surface area (Å²) >= 11 is 0. The molecule has 3 aliphatic carbocycles. The number of aromatic hydroxyl groups is 1. The Morgan fingerprint density at radius 3 is 1.15 bits per heavy atom. The van der Waals surface area contributed by atoms with Crippen LogP contribution in [0.1, 0.15) is 233 Å². The van der Waals surface area contributed by atoms with E-state index in [1.165, 1.54) is 120 Å². The molecule has 3 saturated carbocycles. The average molecular weight is 725 g/mol. The van der Waals surface area contributed by atoms with Crippen LogP contribution in [-0.2, 0) is 33.5 Å². The van der Waals surface area contributed by atoms with Gasteiger partial charge in [0.2, 0.25) is 0 Å². The van der Waals surface area contributed by atoms with E-state index in [0.29, 0.717) is 12.2 Å². The van der Waals surface area contributed by atoms with Gasteiger partial charge in [-0.05, 0) is 117 Å². The normalized spacial score (nSPS) is 20.9. The second-order valence-electron chi connectivity index (χ2n) is 19.9. The molecule has 1 aromatic carbocycles. The van der Waals surface area contributed by atoms with E-state index in [1.54, 1.807) is 0 Å². The van der Waals surface area contributed by atoms with Crippen molar-refractivity contribution in [1.29, 1.82) is 0 Å². The molecule has 4 nitrogen and oxygen atoms in total. The molecule has 0 aliphatic heterocycles. The van der Waals surface area contributed by atoms with Crippen molar-refractivity contribution in [2.75, 3.05) is 0 Å². The number of hydrogen-bond acceptors (Lipinski definition) is 4. The first kappa shape index (κ1) is 43.6. The van der Waals surface area contributed by atoms with Gasteiger partial charge in [-0.2, -0.15) is 0 Å². The molecule has 1 N–H and O–H groups in total. The molecule has 0 unspecified atom stereocenters. The smallest absolute Gasteiger partial charge is 0.119 e. The van der Waals surface area contributed by atoms with E-state index in [0.717, 1.165) is 63.4 Å². The van der Waals surface area contributed by atoms with E-state index >= 15 is 0 Å². The van der Waals surface area contributed by atoms with Crippen LogP contribution in [0.2, 0.25) is 0 Å². The predicted molar refractivity (Wildman–Crippen MR) is 221 cm³/mol. The minimum Gasteiger partial charge on any atom is -0.508 e. The molecule has 0 bridgehead atoms. The van der Waals surface area contributed by atoms with Crippen molar-refractivity contribution in [3.8, 4) is 5.75 Å². The van der Waals surface area contributed by atoms with Gasteiger partial charge in [-0.25, -0.2) is 0 Å². The third-order valence-electron chi connectivity index (χ3n) is 13.1. The van der Waals surface area contributed by atoms with Gasteiger partial charge in [-0.1, -0.05) is 123 Å². The molecule has 3 fully saturated rings. The number of ether oxygens (including phenoxy) is 3. The summed E-state index contributed by atoms with van der Waals surface area (Å²) in [6, 6.07) is 4.18. The summed E-state index contributed by atoms with van der Waals surface area (Å²) in [4.78, 5) is 0. The fraction of sp³-hybridized carbons (Fsp3) is 0.875. The van der Waals surface area contributed by atoms with Crippen LogP contribution >= 0.6 is 0 Å². The summed E-state index contributed by atoms with van der Waals surface area (Å²) in [5.74, 6) is 0.404. The number of unbranched alkanes of at least 4 members (excludes halogenated alkanes) is 3. The van der Waals surface area contributed by atoms with E-state index < -0.39 is 5.60 Å². The third kappa shape index (κ3) is 12.7. The highest BCUT2D eigenvalue weighted by Gasteiger charge is 2.42. The van der Waals surface area contributed by atoms with E-state index in [4.69, 9.17) is 14.2 Å². The van der Waals surface area contributed by atoms with Crippen LogP contribution in [0.4, 0.5) is 0 Å². The zero-order chi connectivity index (χ0) is 37.9. The van der Waals surface area contributed by atoms with E-state index in [-0.39, 0.29) is 28.0 Å². The second-order valence-corrected chi connectivity index (χ2v) is 19.9. The number of benzene rings is 1. The van der Waals surface area contributed by atoms with Crippen molar-refractivity contribution in [3.05, 3.63) is 28.8 Å². The lowest BCUT2D eigenvalue weighted by atomic mass is 9.78. The minimum absolute atomic E-state index is 0.0185. The van der Waals surface area contributed by atoms with Crippen LogP contribution in [0, 0.1) is 0 Å². The Kier molecular flexibility index (Phi) is 16.1. The first-order valence-corrected chi connectivity index (χ1v) is 22.5. The lowest BCUT2D eigenvalue weighted by molar-refractivity contribution is -0.163. The van der Waals surface area contributed by atoms with Gasteiger partial charge >= 0.3 is 0 Å². The zero-order valence-electron chi connectivity index (χ0n) is 35.9. The molecule has 52 heavy (non-hydrogen) atoms. The highest BCUT2D eigenvalue weighted by atomic mass is 16.5. The molecule has 4 rings (SSSR count). The Hall–Kier alpha value is -1.10. The van der Waals surface area contributed by atoms with Crippen LogP contribution in [0.15, 0.2) is 12.1 Å². The van der Waals surface area contributed by atoms with E-state index in [9.17, 15) is 5.11 Å². The second kappa shape index (κ2) is 19.2. The van der Waals surface area contributed by atoms with Gasteiger partial charge in [-0.15, -0.1) is 0 Å². The molecule has 0 atom stereocenters.